The third-order valence-corrected chi connectivity index (χ3v) is 6.08. The summed E-state index contributed by atoms with van der Waals surface area (Å²) in [5.41, 5.74) is 1.97. The number of nitrogens with one attached hydrogen (secondary N) is 1. The van der Waals surface area contributed by atoms with E-state index in [0.29, 0.717) is 17.7 Å². The number of nitrogens with zero attached hydrogens (tertiary/aromatic N) is 2. The maximum absolute atomic E-state index is 12.9. The Morgan fingerprint density at radius 1 is 1.18 bits per heavy atom. The number of halogens is 1. The van der Waals surface area contributed by atoms with Gasteiger partial charge in [0.2, 0.25) is 0 Å². The standard InChI is InChI=1S/C22H23N3O2.ClH/c26-22(20-13-17-5-1-2-6-19(17)27-20)24-21-16-7-10-25(11-8-16)18(21)12-15-4-3-9-23-14-15;/h1-6,9,13-14,16,18,21H,7-8,10-12H2,(H,24,26);1H/t18-,21-;/m1./s1. The molecule has 0 spiro atoms. The summed E-state index contributed by atoms with van der Waals surface area (Å²) >= 11 is 0. The molecule has 146 valence electrons. The number of piperidine rings is 3. The van der Waals surface area contributed by atoms with E-state index in [1.807, 2.05) is 42.6 Å². The van der Waals surface area contributed by atoms with Crippen molar-refractivity contribution in [3.05, 3.63) is 66.2 Å². The van der Waals surface area contributed by atoms with Crippen LogP contribution in [0.3, 0.4) is 0 Å². The van der Waals surface area contributed by atoms with Gasteiger partial charge in [-0.3, -0.25) is 14.7 Å². The highest BCUT2D eigenvalue weighted by molar-refractivity contribution is 5.96. The van der Waals surface area contributed by atoms with E-state index in [-0.39, 0.29) is 24.4 Å². The second kappa shape index (κ2) is 7.94. The first kappa shape index (κ1) is 19.0. The molecule has 2 bridgehead atoms. The molecule has 0 saturated carbocycles. The van der Waals surface area contributed by atoms with Crippen LogP contribution in [-0.4, -0.2) is 41.0 Å². The van der Waals surface area contributed by atoms with E-state index in [1.54, 1.807) is 6.20 Å². The summed E-state index contributed by atoms with van der Waals surface area (Å²) in [5, 5.41) is 4.26. The van der Waals surface area contributed by atoms with E-state index in [9.17, 15) is 4.79 Å². The van der Waals surface area contributed by atoms with Crippen LogP contribution in [0.2, 0.25) is 0 Å². The molecule has 6 heteroatoms. The zero-order chi connectivity index (χ0) is 18.2. The lowest BCUT2D eigenvalue weighted by atomic mass is 9.76. The molecule has 0 radical (unpaired) electrons. The summed E-state index contributed by atoms with van der Waals surface area (Å²) in [4.78, 5) is 19.7. The number of pyridine rings is 1. The maximum Gasteiger partial charge on any atom is 0.287 e. The third kappa shape index (κ3) is 3.52. The first-order chi connectivity index (χ1) is 13.3. The number of furan rings is 1. The molecule has 3 saturated heterocycles. The summed E-state index contributed by atoms with van der Waals surface area (Å²) in [7, 11) is 0. The fourth-order valence-electron chi connectivity index (χ4n) is 4.70. The van der Waals surface area contributed by atoms with Crippen LogP contribution >= 0.6 is 12.4 Å². The van der Waals surface area contributed by atoms with Crippen molar-refractivity contribution in [2.24, 2.45) is 5.92 Å². The zero-order valence-electron chi connectivity index (χ0n) is 15.6. The molecule has 0 unspecified atom stereocenters. The third-order valence-electron chi connectivity index (χ3n) is 6.08. The predicted octanol–water partition coefficient (Wildman–Crippen LogP) is 3.68. The summed E-state index contributed by atoms with van der Waals surface area (Å²) in [6.45, 7) is 2.24. The number of carbonyl (C=O) groups is 1. The average molecular weight is 398 g/mol. The molecule has 5 heterocycles. The molecule has 3 aliphatic rings. The van der Waals surface area contributed by atoms with Crippen LogP contribution in [0.15, 0.2) is 59.3 Å². The van der Waals surface area contributed by atoms with Crippen molar-refractivity contribution in [1.29, 1.82) is 0 Å². The number of fused-ring (bicyclic) bond motifs is 4. The molecule has 2 aromatic heterocycles. The van der Waals surface area contributed by atoms with E-state index >= 15 is 0 Å². The Kier molecular flexibility index (Phi) is 5.38. The van der Waals surface area contributed by atoms with Crippen LogP contribution in [0.1, 0.15) is 29.0 Å². The monoisotopic (exact) mass is 397 g/mol. The average Bonchev–Trinajstić information content (AvgIpc) is 3.16. The first-order valence-electron chi connectivity index (χ1n) is 9.70. The first-order valence-corrected chi connectivity index (χ1v) is 9.70. The van der Waals surface area contributed by atoms with Crippen LogP contribution in [0.5, 0.6) is 0 Å². The maximum atomic E-state index is 12.9. The molecule has 1 N–H and O–H groups in total. The van der Waals surface area contributed by atoms with Gasteiger partial charge in [0.1, 0.15) is 5.58 Å². The molecule has 1 aromatic carbocycles. The molecule has 3 aliphatic heterocycles. The van der Waals surface area contributed by atoms with Crippen LogP contribution in [0, 0.1) is 5.92 Å². The Morgan fingerprint density at radius 2 is 2.00 bits per heavy atom. The van der Waals surface area contributed by atoms with Crippen molar-refractivity contribution in [3.63, 3.8) is 0 Å². The van der Waals surface area contributed by atoms with Crippen LogP contribution in [0.25, 0.3) is 11.0 Å². The van der Waals surface area contributed by atoms with E-state index in [0.717, 1.165) is 43.3 Å². The quantitative estimate of drug-likeness (QED) is 0.729. The normalized spacial score (nSPS) is 26.0. The zero-order valence-corrected chi connectivity index (χ0v) is 16.4. The molecular weight excluding hydrogens is 374 g/mol. The van der Waals surface area contributed by atoms with Gasteiger partial charge in [0.15, 0.2) is 5.76 Å². The predicted molar refractivity (Wildman–Crippen MR) is 111 cm³/mol. The van der Waals surface area contributed by atoms with Crippen molar-refractivity contribution >= 4 is 29.3 Å². The molecule has 1 amide bonds. The van der Waals surface area contributed by atoms with Gasteiger partial charge in [-0.05, 0) is 62.0 Å². The molecule has 28 heavy (non-hydrogen) atoms. The molecule has 2 atom stereocenters. The van der Waals surface area contributed by atoms with Crippen LogP contribution in [0.4, 0.5) is 0 Å². The van der Waals surface area contributed by atoms with E-state index < -0.39 is 0 Å². The summed E-state index contributed by atoms with van der Waals surface area (Å²) in [6.07, 6.45) is 6.94. The number of carbonyl (C=O) groups excluding carboxylic acids is 1. The van der Waals surface area contributed by atoms with Crippen molar-refractivity contribution in [3.8, 4) is 0 Å². The highest BCUT2D eigenvalue weighted by Gasteiger charge is 2.43. The highest BCUT2D eigenvalue weighted by atomic mass is 35.5. The van der Waals surface area contributed by atoms with Gasteiger partial charge < -0.3 is 9.73 Å². The number of para-hydroxylation sites is 1. The minimum atomic E-state index is -0.110. The van der Waals surface area contributed by atoms with Gasteiger partial charge in [-0.25, -0.2) is 0 Å². The minimum absolute atomic E-state index is 0. The molecule has 6 rings (SSSR count). The summed E-state index contributed by atoms with van der Waals surface area (Å²) in [6, 6.07) is 14.1. The second-order valence-corrected chi connectivity index (χ2v) is 7.65. The van der Waals surface area contributed by atoms with Gasteiger partial charge in [0.25, 0.3) is 5.91 Å². The highest BCUT2D eigenvalue weighted by Crippen LogP contribution is 2.34. The number of aromatic nitrogens is 1. The van der Waals surface area contributed by atoms with Gasteiger partial charge in [0, 0.05) is 29.9 Å². The Labute approximate surface area is 170 Å². The topological polar surface area (TPSA) is 58.4 Å². The van der Waals surface area contributed by atoms with Crippen LogP contribution < -0.4 is 5.32 Å². The minimum Gasteiger partial charge on any atom is -0.451 e. The van der Waals surface area contributed by atoms with Crippen LogP contribution in [-0.2, 0) is 6.42 Å². The number of amides is 1. The molecular formula is C22H24ClN3O2. The number of hydrogen-bond acceptors (Lipinski definition) is 4. The van der Waals surface area contributed by atoms with Gasteiger partial charge in [-0.1, -0.05) is 24.3 Å². The molecule has 3 aromatic rings. The van der Waals surface area contributed by atoms with Gasteiger partial charge in [-0.2, -0.15) is 0 Å². The lowest BCUT2D eigenvalue weighted by Gasteiger charge is -2.51. The van der Waals surface area contributed by atoms with Gasteiger partial charge in [-0.15, -0.1) is 12.4 Å². The van der Waals surface area contributed by atoms with Crippen molar-refractivity contribution in [2.45, 2.75) is 31.3 Å². The number of rotatable bonds is 4. The number of benzene rings is 1. The Morgan fingerprint density at radius 3 is 2.75 bits per heavy atom. The van der Waals surface area contributed by atoms with Crippen molar-refractivity contribution in [1.82, 2.24) is 15.2 Å². The van der Waals surface area contributed by atoms with Crippen molar-refractivity contribution < 1.29 is 9.21 Å². The molecule has 0 aliphatic carbocycles. The lowest BCUT2D eigenvalue weighted by Crippen LogP contribution is -2.64. The summed E-state index contributed by atoms with van der Waals surface area (Å²) < 4.78 is 5.77. The number of hydrogen-bond donors (Lipinski definition) is 1. The molecule has 5 nitrogen and oxygen atoms in total. The fourth-order valence-corrected chi connectivity index (χ4v) is 4.70. The Balaban J connectivity index is 0.00000192. The Bertz CT molecular complexity index is 918. The second-order valence-electron chi connectivity index (χ2n) is 7.65. The Hall–Kier alpha value is -2.37. The van der Waals surface area contributed by atoms with Crippen molar-refractivity contribution in [2.75, 3.05) is 13.1 Å². The van der Waals surface area contributed by atoms with E-state index in [4.69, 9.17) is 4.42 Å². The summed E-state index contributed by atoms with van der Waals surface area (Å²) in [5.74, 6) is 0.818. The largest absolute Gasteiger partial charge is 0.451 e. The smallest absolute Gasteiger partial charge is 0.287 e. The fraction of sp³-hybridized carbons (Fsp3) is 0.364. The van der Waals surface area contributed by atoms with Gasteiger partial charge in [0.05, 0.1) is 0 Å². The lowest BCUT2D eigenvalue weighted by molar-refractivity contribution is 0.0131. The van der Waals surface area contributed by atoms with E-state index in [1.165, 1.54) is 5.56 Å². The van der Waals surface area contributed by atoms with Gasteiger partial charge >= 0.3 is 0 Å². The molecule has 3 fully saturated rings. The SMILES string of the molecule is Cl.O=C(N[C@@H]1C2CCN(CC2)[C@@H]1Cc1cccnc1)c1cc2ccccc2o1. The van der Waals surface area contributed by atoms with E-state index in [2.05, 4.69) is 21.3 Å².